The summed E-state index contributed by atoms with van der Waals surface area (Å²) >= 11 is 0. The van der Waals surface area contributed by atoms with Gasteiger partial charge in [-0.05, 0) is 32.1 Å². The van der Waals surface area contributed by atoms with Gasteiger partial charge in [0, 0.05) is 12.8 Å². The molecular formula is C68H133NO5. The first-order valence-electron chi connectivity index (χ1n) is 34.0. The first-order chi connectivity index (χ1) is 36.5. The minimum Gasteiger partial charge on any atom is -0.466 e. The van der Waals surface area contributed by atoms with Gasteiger partial charge in [0.05, 0.1) is 25.4 Å². The lowest BCUT2D eigenvalue weighted by atomic mass is 10.0. The maximum absolute atomic E-state index is 12.5. The number of aliphatic hydroxyl groups is 2. The van der Waals surface area contributed by atoms with Crippen molar-refractivity contribution in [2.45, 2.75) is 398 Å². The monoisotopic (exact) mass is 1040 g/mol. The maximum Gasteiger partial charge on any atom is 0.305 e. The standard InChI is InChI=1S/C68H133NO5/c1-3-5-7-9-11-13-15-17-19-21-24-28-32-36-40-44-48-52-56-60-66(71)65(64-70)69-67(72)61-57-53-49-45-41-37-33-29-26-23-27-31-35-39-43-47-51-55-59-63-74-68(73)62-58-54-50-46-42-38-34-30-25-22-20-18-16-14-12-10-8-6-4-2/h56,60,65-66,70-71H,3-55,57-59,61-64H2,1-2H3,(H,69,72)/b60-56+. The van der Waals surface area contributed by atoms with E-state index in [-0.39, 0.29) is 18.5 Å². The van der Waals surface area contributed by atoms with Crippen LogP contribution in [0.1, 0.15) is 386 Å². The molecule has 0 aliphatic rings. The zero-order chi connectivity index (χ0) is 53.6. The van der Waals surface area contributed by atoms with E-state index in [1.165, 1.54) is 321 Å². The number of hydrogen-bond acceptors (Lipinski definition) is 5. The molecule has 440 valence electrons. The molecule has 6 heteroatoms. The lowest BCUT2D eigenvalue weighted by molar-refractivity contribution is -0.143. The summed E-state index contributed by atoms with van der Waals surface area (Å²) in [6, 6.07) is -0.630. The van der Waals surface area contributed by atoms with Gasteiger partial charge < -0.3 is 20.3 Å². The second-order valence-corrected chi connectivity index (χ2v) is 23.5. The summed E-state index contributed by atoms with van der Waals surface area (Å²) in [5, 5.41) is 23.2. The van der Waals surface area contributed by atoms with Gasteiger partial charge in [0.15, 0.2) is 0 Å². The fourth-order valence-electron chi connectivity index (χ4n) is 10.9. The molecule has 0 fully saturated rings. The number of esters is 1. The van der Waals surface area contributed by atoms with Crippen LogP contribution in [0.25, 0.3) is 0 Å². The third-order valence-electron chi connectivity index (χ3n) is 16.1. The Kier molecular flexibility index (Phi) is 62.9. The normalized spacial score (nSPS) is 12.5. The summed E-state index contributed by atoms with van der Waals surface area (Å²) in [4.78, 5) is 24.6. The molecule has 0 saturated heterocycles. The first kappa shape index (κ1) is 72.6. The Labute approximate surface area is 463 Å². The Balaban J connectivity index is 3.39. The van der Waals surface area contributed by atoms with Crippen molar-refractivity contribution in [3.8, 4) is 0 Å². The lowest BCUT2D eigenvalue weighted by Crippen LogP contribution is -2.45. The molecule has 0 saturated carbocycles. The molecule has 74 heavy (non-hydrogen) atoms. The second kappa shape index (κ2) is 64.1. The molecule has 6 nitrogen and oxygen atoms in total. The lowest BCUT2D eigenvalue weighted by Gasteiger charge is -2.20. The van der Waals surface area contributed by atoms with Crippen LogP contribution < -0.4 is 5.32 Å². The number of rotatable bonds is 64. The molecule has 0 aliphatic carbocycles. The van der Waals surface area contributed by atoms with Crippen LogP contribution in [0, 0.1) is 0 Å². The molecule has 0 rings (SSSR count). The van der Waals surface area contributed by atoms with Gasteiger partial charge in [0.25, 0.3) is 0 Å². The van der Waals surface area contributed by atoms with Crippen LogP contribution in [-0.4, -0.2) is 47.4 Å². The summed E-state index contributed by atoms with van der Waals surface area (Å²) < 4.78 is 5.51. The topological polar surface area (TPSA) is 95.9 Å². The number of ether oxygens (including phenoxy) is 1. The Bertz CT molecular complexity index is 1110. The van der Waals surface area contributed by atoms with Gasteiger partial charge in [0.1, 0.15) is 0 Å². The van der Waals surface area contributed by atoms with Gasteiger partial charge in [-0.25, -0.2) is 0 Å². The Morgan fingerprint density at radius 3 is 0.919 bits per heavy atom. The van der Waals surface area contributed by atoms with E-state index in [2.05, 4.69) is 19.2 Å². The molecular weight excluding hydrogens is 911 g/mol. The largest absolute Gasteiger partial charge is 0.466 e. The van der Waals surface area contributed by atoms with E-state index in [9.17, 15) is 19.8 Å². The molecule has 1 amide bonds. The van der Waals surface area contributed by atoms with E-state index in [1.807, 2.05) is 6.08 Å². The zero-order valence-corrected chi connectivity index (χ0v) is 50.4. The van der Waals surface area contributed by atoms with Crippen LogP contribution in [0.5, 0.6) is 0 Å². The minimum absolute atomic E-state index is 0.0142. The summed E-state index contributed by atoms with van der Waals surface area (Å²) in [6.07, 6.45) is 78.4. The molecule has 0 aromatic carbocycles. The fourth-order valence-corrected chi connectivity index (χ4v) is 10.9. The van der Waals surface area contributed by atoms with Gasteiger partial charge >= 0.3 is 5.97 Å². The highest BCUT2D eigenvalue weighted by Gasteiger charge is 2.18. The molecule has 0 aromatic heterocycles. The van der Waals surface area contributed by atoms with Crippen LogP contribution in [-0.2, 0) is 14.3 Å². The number of allylic oxidation sites excluding steroid dienone is 1. The van der Waals surface area contributed by atoms with Crippen LogP contribution in [0.3, 0.4) is 0 Å². The first-order valence-corrected chi connectivity index (χ1v) is 34.0. The number of nitrogens with one attached hydrogen (secondary N) is 1. The van der Waals surface area contributed by atoms with E-state index in [0.717, 1.165) is 38.5 Å². The van der Waals surface area contributed by atoms with Crippen LogP contribution in [0.4, 0.5) is 0 Å². The quantitative estimate of drug-likeness (QED) is 0.0320. The zero-order valence-electron chi connectivity index (χ0n) is 50.4. The van der Waals surface area contributed by atoms with Gasteiger partial charge in [-0.15, -0.1) is 0 Å². The third kappa shape index (κ3) is 59.8. The van der Waals surface area contributed by atoms with Gasteiger partial charge in [0.2, 0.25) is 5.91 Å². The highest BCUT2D eigenvalue weighted by Crippen LogP contribution is 2.19. The van der Waals surface area contributed by atoms with Crippen molar-refractivity contribution in [1.29, 1.82) is 0 Å². The van der Waals surface area contributed by atoms with Crippen LogP contribution in [0.2, 0.25) is 0 Å². The van der Waals surface area contributed by atoms with E-state index in [4.69, 9.17) is 4.74 Å². The number of amides is 1. The Morgan fingerprint density at radius 2 is 0.622 bits per heavy atom. The number of aliphatic hydroxyl groups excluding tert-OH is 2. The van der Waals surface area contributed by atoms with Crippen molar-refractivity contribution in [2.24, 2.45) is 0 Å². The van der Waals surface area contributed by atoms with Crippen molar-refractivity contribution < 1.29 is 24.5 Å². The predicted octanol–water partition coefficient (Wildman–Crippen LogP) is 21.6. The minimum atomic E-state index is -0.846. The number of carbonyl (C=O) groups excluding carboxylic acids is 2. The summed E-state index contributed by atoms with van der Waals surface area (Å²) in [5.41, 5.74) is 0. The predicted molar refractivity (Wildman–Crippen MR) is 324 cm³/mol. The highest BCUT2D eigenvalue weighted by atomic mass is 16.5. The average Bonchev–Trinajstić information content (AvgIpc) is 3.40. The Hall–Kier alpha value is -1.40. The highest BCUT2D eigenvalue weighted by molar-refractivity contribution is 5.76. The smallest absolute Gasteiger partial charge is 0.305 e. The molecule has 0 spiro atoms. The Morgan fingerprint density at radius 1 is 0.365 bits per heavy atom. The molecule has 2 atom stereocenters. The molecule has 0 radical (unpaired) electrons. The number of carbonyl (C=O) groups is 2. The molecule has 0 heterocycles. The summed E-state index contributed by atoms with van der Waals surface area (Å²) in [5.74, 6) is -0.0525. The fraction of sp³-hybridized carbons (Fsp3) is 0.941. The van der Waals surface area contributed by atoms with Crippen molar-refractivity contribution in [2.75, 3.05) is 13.2 Å². The van der Waals surface area contributed by atoms with Crippen molar-refractivity contribution in [3.63, 3.8) is 0 Å². The molecule has 0 bridgehead atoms. The average molecular weight is 1040 g/mol. The third-order valence-corrected chi connectivity index (χ3v) is 16.1. The molecule has 0 aromatic rings. The summed E-state index contributed by atoms with van der Waals surface area (Å²) in [6.45, 7) is 4.94. The molecule has 2 unspecified atom stereocenters. The second-order valence-electron chi connectivity index (χ2n) is 23.5. The van der Waals surface area contributed by atoms with Crippen LogP contribution >= 0.6 is 0 Å². The maximum atomic E-state index is 12.5. The van der Waals surface area contributed by atoms with Gasteiger partial charge in [-0.2, -0.15) is 0 Å². The van der Waals surface area contributed by atoms with E-state index >= 15 is 0 Å². The van der Waals surface area contributed by atoms with Crippen LogP contribution in [0.15, 0.2) is 12.2 Å². The van der Waals surface area contributed by atoms with Gasteiger partial charge in [-0.3, -0.25) is 9.59 Å². The number of hydrogen-bond donors (Lipinski definition) is 3. The number of unbranched alkanes of at least 4 members (excludes halogenated alkanes) is 53. The van der Waals surface area contributed by atoms with Gasteiger partial charge in [-0.1, -0.05) is 353 Å². The van der Waals surface area contributed by atoms with Crippen molar-refractivity contribution >= 4 is 11.9 Å². The van der Waals surface area contributed by atoms with Crippen molar-refractivity contribution in [3.05, 3.63) is 12.2 Å². The SMILES string of the molecule is CCCCCCCCCCCCCCCCCCC/C=C/C(O)C(CO)NC(=O)CCCCCCCCCCCCCCCCCCCCCOC(=O)CCCCCCCCCCCCCCCCCCCCC. The van der Waals surface area contributed by atoms with E-state index < -0.39 is 12.1 Å². The molecule has 0 aliphatic heterocycles. The molecule has 3 N–H and O–H groups in total. The van der Waals surface area contributed by atoms with E-state index in [0.29, 0.717) is 19.4 Å². The van der Waals surface area contributed by atoms with Crippen molar-refractivity contribution in [1.82, 2.24) is 5.32 Å². The van der Waals surface area contributed by atoms with E-state index in [1.54, 1.807) is 6.08 Å². The summed E-state index contributed by atoms with van der Waals surface area (Å²) in [7, 11) is 0.